The number of nitrogens with zero attached hydrogens (tertiary/aromatic N) is 1. The molecule has 0 spiro atoms. The summed E-state index contributed by atoms with van der Waals surface area (Å²) in [5.74, 6) is 0.526. The number of thiazole rings is 1. The van der Waals surface area contributed by atoms with Crippen molar-refractivity contribution in [3.8, 4) is 0 Å². The molecule has 0 aromatic carbocycles. The number of rotatable bonds is 8. The van der Waals surface area contributed by atoms with E-state index in [4.69, 9.17) is 4.98 Å². The van der Waals surface area contributed by atoms with Crippen molar-refractivity contribution in [3.05, 3.63) is 16.1 Å². The molecule has 3 heteroatoms. The Balaban J connectivity index is 3.04. The van der Waals surface area contributed by atoms with Gasteiger partial charge in [-0.3, -0.25) is 0 Å². The van der Waals surface area contributed by atoms with E-state index in [9.17, 15) is 0 Å². The van der Waals surface area contributed by atoms with Gasteiger partial charge in [0.1, 0.15) is 5.01 Å². The molecule has 0 radical (unpaired) electrons. The lowest BCUT2D eigenvalue weighted by Crippen LogP contribution is -2.42. The lowest BCUT2D eigenvalue weighted by atomic mass is 9.89. The van der Waals surface area contributed by atoms with Crippen LogP contribution in [0.25, 0.3) is 0 Å². The zero-order valence-electron chi connectivity index (χ0n) is 12.5. The van der Waals surface area contributed by atoms with Crippen molar-refractivity contribution in [2.45, 2.75) is 71.8 Å². The molecule has 104 valence electrons. The number of hydrogen-bond donors (Lipinski definition) is 1. The highest BCUT2D eigenvalue weighted by molar-refractivity contribution is 7.09. The van der Waals surface area contributed by atoms with Crippen LogP contribution in [0.3, 0.4) is 0 Å². The normalized spacial score (nSPS) is 12.3. The molecule has 0 unspecified atom stereocenters. The Morgan fingerprint density at radius 1 is 1.22 bits per heavy atom. The highest BCUT2D eigenvalue weighted by Crippen LogP contribution is 2.34. The van der Waals surface area contributed by atoms with Crippen LogP contribution in [0.4, 0.5) is 0 Å². The summed E-state index contributed by atoms with van der Waals surface area (Å²) < 4.78 is 0. The molecule has 0 saturated heterocycles. The average molecular weight is 268 g/mol. The van der Waals surface area contributed by atoms with Gasteiger partial charge >= 0.3 is 0 Å². The highest BCUT2D eigenvalue weighted by atomic mass is 32.1. The molecule has 18 heavy (non-hydrogen) atoms. The van der Waals surface area contributed by atoms with Gasteiger partial charge in [-0.05, 0) is 25.3 Å². The highest BCUT2D eigenvalue weighted by Gasteiger charge is 2.32. The fraction of sp³-hybridized carbons (Fsp3) is 0.800. The summed E-state index contributed by atoms with van der Waals surface area (Å²) in [4.78, 5) is 4.89. The smallest absolute Gasteiger partial charge is 0.113 e. The molecule has 2 nitrogen and oxygen atoms in total. The summed E-state index contributed by atoms with van der Waals surface area (Å²) in [6, 6.07) is 0. The Morgan fingerprint density at radius 3 is 2.22 bits per heavy atom. The maximum Gasteiger partial charge on any atom is 0.113 e. The van der Waals surface area contributed by atoms with Crippen molar-refractivity contribution in [2.75, 3.05) is 6.54 Å². The summed E-state index contributed by atoms with van der Waals surface area (Å²) in [6.45, 7) is 12.2. The Bertz CT molecular complexity index is 327. The van der Waals surface area contributed by atoms with Gasteiger partial charge in [-0.25, -0.2) is 4.98 Å². The first kappa shape index (κ1) is 15.6. The van der Waals surface area contributed by atoms with Gasteiger partial charge in [0.05, 0.1) is 11.2 Å². The summed E-state index contributed by atoms with van der Waals surface area (Å²) in [7, 11) is 0. The second-order valence-corrected chi connectivity index (χ2v) is 6.20. The molecule has 1 aromatic rings. The molecule has 0 aliphatic rings. The molecular formula is C15H28N2S. The standard InChI is InChI=1S/C15H28N2S/c1-6-9-15(10-7-2,16-8-3)14-17-13(11-18-14)12(4)5/h11-12,16H,6-10H2,1-5H3. The molecule has 0 bridgehead atoms. The topological polar surface area (TPSA) is 24.9 Å². The van der Waals surface area contributed by atoms with Crippen molar-refractivity contribution in [1.29, 1.82) is 0 Å². The zero-order chi connectivity index (χ0) is 13.6. The monoisotopic (exact) mass is 268 g/mol. The second-order valence-electron chi connectivity index (χ2n) is 5.34. The summed E-state index contributed by atoms with van der Waals surface area (Å²) in [5.41, 5.74) is 1.35. The zero-order valence-corrected chi connectivity index (χ0v) is 13.4. The van der Waals surface area contributed by atoms with Gasteiger partial charge in [0, 0.05) is 5.38 Å². The van der Waals surface area contributed by atoms with Crippen LogP contribution < -0.4 is 5.32 Å². The van der Waals surface area contributed by atoms with Gasteiger partial charge in [-0.1, -0.05) is 47.5 Å². The minimum Gasteiger partial charge on any atom is -0.306 e. The minimum atomic E-state index is 0.107. The van der Waals surface area contributed by atoms with Crippen LogP contribution in [0.2, 0.25) is 0 Å². The van der Waals surface area contributed by atoms with Gasteiger partial charge in [0.25, 0.3) is 0 Å². The van der Waals surface area contributed by atoms with Crippen LogP contribution >= 0.6 is 11.3 Å². The summed E-state index contributed by atoms with van der Waals surface area (Å²) in [5, 5.41) is 7.24. The fourth-order valence-corrected chi connectivity index (χ4v) is 3.77. The molecule has 1 heterocycles. The van der Waals surface area contributed by atoms with Crippen LogP contribution in [0.5, 0.6) is 0 Å². The van der Waals surface area contributed by atoms with Crippen molar-refractivity contribution in [1.82, 2.24) is 10.3 Å². The molecule has 1 aromatic heterocycles. The Kier molecular flexibility index (Phi) is 6.30. The lowest BCUT2D eigenvalue weighted by Gasteiger charge is -2.32. The summed E-state index contributed by atoms with van der Waals surface area (Å²) >= 11 is 1.83. The van der Waals surface area contributed by atoms with E-state index in [1.165, 1.54) is 36.4 Å². The molecule has 0 fully saturated rings. The minimum absolute atomic E-state index is 0.107. The Morgan fingerprint density at radius 2 is 1.83 bits per heavy atom. The Labute approximate surface area is 116 Å². The average Bonchev–Trinajstić information content (AvgIpc) is 2.79. The van der Waals surface area contributed by atoms with E-state index in [0.717, 1.165) is 6.54 Å². The maximum absolute atomic E-state index is 4.89. The van der Waals surface area contributed by atoms with E-state index >= 15 is 0 Å². The van der Waals surface area contributed by atoms with E-state index in [1.807, 2.05) is 11.3 Å². The predicted molar refractivity (Wildman–Crippen MR) is 81.4 cm³/mol. The number of aromatic nitrogens is 1. The third-order valence-corrected chi connectivity index (χ3v) is 4.46. The third-order valence-electron chi connectivity index (χ3n) is 3.39. The molecule has 0 aliphatic carbocycles. The van der Waals surface area contributed by atoms with Crippen molar-refractivity contribution >= 4 is 11.3 Å². The molecular weight excluding hydrogens is 240 g/mol. The van der Waals surface area contributed by atoms with Crippen molar-refractivity contribution in [3.63, 3.8) is 0 Å². The van der Waals surface area contributed by atoms with Crippen LogP contribution in [-0.4, -0.2) is 11.5 Å². The van der Waals surface area contributed by atoms with E-state index in [0.29, 0.717) is 5.92 Å². The van der Waals surface area contributed by atoms with E-state index in [1.54, 1.807) is 0 Å². The maximum atomic E-state index is 4.89. The molecule has 0 amide bonds. The third kappa shape index (κ3) is 3.55. The predicted octanol–water partition coefficient (Wildman–Crippen LogP) is 4.67. The van der Waals surface area contributed by atoms with Gasteiger partial charge in [-0.15, -0.1) is 11.3 Å². The van der Waals surface area contributed by atoms with E-state index in [-0.39, 0.29) is 5.54 Å². The van der Waals surface area contributed by atoms with Gasteiger partial charge in [-0.2, -0.15) is 0 Å². The van der Waals surface area contributed by atoms with Gasteiger partial charge in [0.15, 0.2) is 0 Å². The quantitative estimate of drug-likeness (QED) is 0.741. The SMILES string of the molecule is CCCC(CCC)(NCC)c1nc(C(C)C)cs1. The van der Waals surface area contributed by atoms with Crippen LogP contribution in [-0.2, 0) is 5.54 Å². The largest absolute Gasteiger partial charge is 0.306 e. The first-order valence-corrected chi connectivity index (χ1v) is 8.18. The first-order chi connectivity index (χ1) is 8.59. The van der Waals surface area contributed by atoms with Crippen molar-refractivity contribution < 1.29 is 0 Å². The van der Waals surface area contributed by atoms with Crippen molar-refractivity contribution in [2.24, 2.45) is 0 Å². The number of hydrogen-bond acceptors (Lipinski definition) is 3. The van der Waals surface area contributed by atoms with E-state index < -0.39 is 0 Å². The first-order valence-electron chi connectivity index (χ1n) is 7.30. The Hall–Kier alpha value is -0.410. The molecule has 0 atom stereocenters. The second kappa shape index (κ2) is 7.25. The fourth-order valence-electron chi connectivity index (χ4n) is 2.55. The van der Waals surface area contributed by atoms with E-state index in [2.05, 4.69) is 45.3 Å². The lowest BCUT2D eigenvalue weighted by molar-refractivity contribution is 0.284. The number of nitrogens with one attached hydrogen (secondary N) is 1. The van der Waals surface area contributed by atoms with Crippen LogP contribution in [0.15, 0.2) is 5.38 Å². The van der Waals surface area contributed by atoms with Crippen LogP contribution in [0.1, 0.15) is 76.9 Å². The van der Waals surface area contributed by atoms with Crippen LogP contribution in [0, 0.1) is 0 Å². The molecule has 1 N–H and O–H groups in total. The molecule has 1 rings (SSSR count). The van der Waals surface area contributed by atoms with Gasteiger partial charge < -0.3 is 5.32 Å². The molecule has 0 aliphatic heterocycles. The molecule has 0 saturated carbocycles. The van der Waals surface area contributed by atoms with Gasteiger partial charge in [0.2, 0.25) is 0 Å². The summed E-state index contributed by atoms with van der Waals surface area (Å²) in [6.07, 6.45) is 4.76.